The molecule has 160 valence electrons. The van der Waals surface area contributed by atoms with Crippen LogP contribution in [-0.4, -0.2) is 67.6 Å². The molecule has 2 N–H and O–H groups in total. The van der Waals surface area contributed by atoms with E-state index < -0.39 is 0 Å². The van der Waals surface area contributed by atoms with Gasteiger partial charge in [0.15, 0.2) is 5.96 Å². The molecule has 2 atom stereocenters. The van der Waals surface area contributed by atoms with Crippen LogP contribution in [0.3, 0.4) is 0 Å². The van der Waals surface area contributed by atoms with Crippen LogP contribution >= 0.6 is 47.2 Å². The van der Waals surface area contributed by atoms with Gasteiger partial charge in [0.2, 0.25) is 0 Å². The Morgan fingerprint density at radius 2 is 1.82 bits per heavy atom. The topological polar surface area (TPSA) is 42.9 Å². The largest absolute Gasteiger partial charge is 0.357 e. The average molecular weight is 542 g/mol. The zero-order valence-corrected chi connectivity index (χ0v) is 21.2. The second-order valence-electron chi connectivity index (χ2n) is 7.07. The Bertz CT molecular complexity index is 621. The maximum Gasteiger partial charge on any atom is 0.191 e. The van der Waals surface area contributed by atoms with Gasteiger partial charge in [-0.15, -0.1) is 24.0 Å². The van der Waals surface area contributed by atoms with E-state index in [1.54, 1.807) is 6.07 Å². The van der Waals surface area contributed by atoms with Crippen LogP contribution in [0, 0.1) is 0 Å². The summed E-state index contributed by atoms with van der Waals surface area (Å²) in [6, 6.07) is 6.06. The molecule has 0 aromatic heterocycles. The molecule has 1 heterocycles. The fourth-order valence-electron chi connectivity index (χ4n) is 3.31. The van der Waals surface area contributed by atoms with Crippen molar-refractivity contribution in [2.45, 2.75) is 39.8 Å². The molecule has 8 heteroatoms. The van der Waals surface area contributed by atoms with Gasteiger partial charge in [-0.05, 0) is 45.0 Å². The Kier molecular flexibility index (Phi) is 12.1. The highest BCUT2D eigenvalue weighted by atomic mass is 127. The number of hydrogen-bond acceptors (Lipinski definition) is 3. The van der Waals surface area contributed by atoms with E-state index in [-0.39, 0.29) is 30.0 Å². The van der Waals surface area contributed by atoms with Crippen LogP contribution in [0.15, 0.2) is 23.2 Å². The first-order valence-corrected chi connectivity index (χ1v) is 10.7. The van der Waals surface area contributed by atoms with Gasteiger partial charge in [-0.2, -0.15) is 0 Å². The van der Waals surface area contributed by atoms with Crippen molar-refractivity contribution in [3.8, 4) is 0 Å². The third-order valence-corrected chi connectivity index (χ3v) is 5.68. The van der Waals surface area contributed by atoms with Gasteiger partial charge in [-0.1, -0.05) is 36.2 Å². The van der Waals surface area contributed by atoms with Crippen molar-refractivity contribution in [1.29, 1.82) is 0 Å². The van der Waals surface area contributed by atoms with Crippen molar-refractivity contribution in [3.63, 3.8) is 0 Å². The monoisotopic (exact) mass is 541 g/mol. The number of nitrogens with one attached hydrogen (secondary N) is 2. The van der Waals surface area contributed by atoms with E-state index in [4.69, 9.17) is 28.2 Å². The van der Waals surface area contributed by atoms with Crippen LogP contribution in [0.1, 0.15) is 39.3 Å². The number of piperazine rings is 1. The summed E-state index contributed by atoms with van der Waals surface area (Å²) in [5, 5.41) is 8.10. The number of rotatable bonds is 7. The molecule has 0 aliphatic carbocycles. The summed E-state index contributed by atoms with van der Waals surface area (Å²) in [5.74, 6) is 0.815. The third-order valence-electron chi connectivity index (χ3n) is 5.12. The molecular formula is C20H34Cl2IN5. The lowest BCUT2D eigenvalue weighted by Gasteiger charge is -2.37. The summed E-state index contributed by atoms with van der Waals surface area (Å²) in [7, 11) is 0. The quantitative estimate of drug-likeness (QED) is 0.307. The number of nitrogens with zero attached hydrogens (tertiary/aromatic N) is 3. The Morgan fingerprint density at radius 1 is 1.14 bits per heavy atom. The number of benzene rings is 1. The molecule has 1 aliphatic rings. The summed E-state index contributed by atoms with van der Waals surface area (Å²) in [5.41, 5.74) is 1.01. The van der Waals surface area contributed by atoms with Crippen LogP contribution in [0.5, 0.6) is 0 Å². The van der Waals surface area contributed by atoms with Crippen LogP contribution in [0.25, 0.3) is 0 Å². The van der Waals surface area contributed by atoms with Crippen molar-refractivity contribution in [2.24, 2.45) is 4.99 Å². The molecular weight excluding hydrogens is 508 g/mol. The van der Waals surface area contributed by atoms with E-state index in [0.717, 1.165) is 57.3 Å². The number of halogens is 3. The first-order valence-electron chi connectivity index (χ1n) is 9.90. The van der Waals surface area contributed by atoms with Gasteiger partial charge < -0.3 is 15.5 Å². The molecule has 1 saturated heterocycles. The van der Waals surface area contributed by atoms with Crippen molar-refractivity contribution in [1.82, 2.24) is 20.4 Å². The Morgan fingerprint density at radius 3 is 2.39 bits per heavy atom. The number of aliphatic imine (C=N–C) groups is 1. The van der Waals surface area contributed by atoms with Gasteiger partial charge >= 0.3 is 0 Å². The molecule has 0 spiro atoms. The first-order chi connectivity index (χ1) is 12.9. The molecule has 0 saturated carbocycles. The van der Waals surface area contributed by atoms with E-state index in [0.29, 0.717) is 16.1 Å². The van der Waals surface area contributed by atoms with Gasteiger partial charge in [-0.25, -0.2) is 0 Å². The number of guanidine groups is 1. The van der Waals surface area contributed by atoms with Gasteiger partial charge in [0.25, 0.3) is 0 Å². The smallest absolute Gasteiger partial charge is 0.191 e. The second-order valence-corrected chi connectivity index (χ2v) is 7.91. The SMILES string of the molecule is CCNC(=NCC(C)N1CCN(CC)CC1)NC(C)c1ccc(Cl)cc1Cl.I. The van der Waals surface area contributed by atoms with Gasteiger partial charge in [0, 0.05) is 48.8 Å². The van der Waals surface area contributed by atoms with Crippen LogP contribution < -0.4 is 10.6 Å². The molecule has 28 heavy (non-hydrogen) atoms. The molecule has 2 unspecified atom stereocenters. The van der Waals surface area contributed by atoms with Crippen LogP contribution in [-0.2, 0) is 0 Å². The van der Waals surface area contributed by atoms with Crippen LogP contribution in [0.4, 0.5) is 0 Å². The highest BCUT2D eigenvalue weighted by Crippen LogP contribution is 2.26. The molecule has 0 radical (unpaired) electrons. The predicted octanol–water partition coefficient (Wildman–Crippen LogP) is 4.25. The van der Waals surface area contributed by atoms with E-state index in [1.807, 2.05) is 12.1 Å². The zero-order chi connectivity index (χ0) is 19.8. The van der Waals surface area contributed by atoms with Gasteiger partial charge in [-0.3, -0.25) is 9.89 Å². The van der Waals surface area contributed by atoms with Crippen molar-refractivity contribution >= 4 is 53.1 Å². The van der Waals surface area contributed by atoms with E-state index in [1.165, 1.54) is 0 Å². The van der Waals surface area contributed by atoms with Crippen molar-refractivity contribution in [2.75, 3.05) is 45.8 Å². The normalized spacial score (nSPS) is 18.3. The van der Waals surface area contributed by atoms with Gasteiger partial charge in [0.05, 0.1) is 12.6 Å². The summed E-state index contributed by atoms with van der Waals surface area (Å²) in [6.07, 6.45) is 0. The summed E-state index contributed by atoms with van der Waals surface area (Å²) in [4.78, 5) is 9.83. The Hall–Kier alpha value is -0.280. The number of hydrogen-bond donors (Lipinski definition) is 2. The lowest BCUT2D eigenvalue weighted by Crippen LogP contribution is -2.50. The van der Waals surface area contributed by atoms with Crippen LogP contribution in [0.2, 0.25) is 10.0 Å². The fourth-order valence-corrected chi connectivity index (χ4v) is 3.89. The first kappa shape index (κ1) is 25.8. The summed E-state index contributed by atoms with van der Waals surface area (Å²) in [6.45, 7) is 15.9. The molecule has 1 fully saturated rings. The van der Waals surface area contributed by atoms with Crippen molar-refractivity contribution in [3.05, 3.63) is 33.8 Å². The fraction of sp³-hybridized carbons (Fsp3) is 0.650. The molecule has 1 aromatic rings. The summed E-state index contributed by atoms with van der Waals surface area (Å²) >= 11 is 12.3. The summed E-state index contributed by atoms with van der Waals surface area (Å²) < 4.78 is 0. The lowest BCUT2D eigenvalue weighted by molar-refractivity contribution is 0.109. The van der Waals surface area contributed by atoms with E-state index in [2.05, 4.69) is 48.1 Å². The highest BCUT2D eigenvalue weighted by Gasteiger charge is 2.20. The third kappa shape index (κ3) is 7.86. The zero-order valence-electron chi connectivity index (χ0n) is 17.3. The average Bonchev–Trinajstić information content (AvgIpc) is 2.66. The minimum atomic E-state index is 0. The molecule has 0 amide bonds. The lowest BCUT2D eigenvalue weighted by atomic mass is 10.1. The Labute approximate surface area is 197 Å². The maximum atomic E-state index is 6.34. The Balaban J connectivity index is 0.00000392. The standard InChI is InChI=1S/C20H33Cl2N5.HI/c1-5-23-20(25-16(4)18-8-7-17(21)13-19(18)22)24-14-15(3)27-11-9-26(6-2)10-12-27;/h7-8,13,15-16H,5-6,9-12,14H2,1-4H3,(H2,23,24,25);1H. The maximum absolute atomic E-state index is 6.34. The van der Waals surface area contributed by atoms with Gasteiger partial charge in [0.1, 0.15) is 0 Å². The predicted molar refractivity (Wildman–Crippen MR) is 133 cm³/mol. The minimum Gasteiger partial charge on any atom is -0.357 e. The highest BCUT2D eigenvalue weighted by molar-refractivity contribution is 14.0. The molecule has 1 aliphatic heterocycles. The molecule has 2 rings (SSSR count). The molecule has 0 bridgehead atoms. The van der Waals surface area contributed by atoms with Crippen molar-refractivity contribution < 1.29 is 0 Å². The second kappa shape index (κ2) is 13.1. The number of likely N-dealkylation sites (N-methyl/N-ethyl adjacent to an activating group) is 1. The molecule has 5 nitrogen and oxygen atoms in total. The van der Waals surface area contributed by atoms with E-state index in [9.17, 15) is 0 Å². The van der Waals surface area contributed by atoms with E-state index >= 15 is 0 Å². The molecule has 1 aromatic carbocycles. The minimum absolute atomic E-state index is 0.